The molecule has 1 aromatic carbocycles. The molecule has 0 aliphatic carbocycles. The summed E-state index contributed by atoms with van der Waals surface area (Å²) in [4.78, 5) is 13.8. The van der Waals surface area contributed by atoms with Crippen molar-refractivity contribution in [2.24, 2.45) is 4.99 Å². The molecular weight excluding hydrogens is 324 g/mol. The maximum Gasteiger partial charge on any atom is 0.194 e. The summed E-state index contributed by atoms with van der Waals surface area (Å²) in [6.45, 7) is 4.59. The molecule has 6 nitrogen and oxygen atoms in total. The molecule has 3 heterocycles. The summed E-state index contributed by atoms with van der Waals surface area (Å²) in [6, 6.07) is 16.6. The van der Waals surface area contributed by atoms with E-state index in [0.29, 0.717) is 6.54 Å². The highest BCUT2D eigenvalue weighted by Gasteiger charge is 2.19. The van der Waals surface area contributed by atoms with E-state index in [2.05, 4.69) is 61.6 Å². The Bertz CT molecular complexity index is 844. The molecular formula is C20H24N6. The van der Waals surface area contributed by atoms with Gasteiger partial charge in [0.1, 0.15) is 5.65 Å². The molecule has 26 heavy (non-hydrogen) atoms. The summed E-state index contributed by atoms with van der Waals surface area (Å²) >= 11 is 0. The molecule has 0 radical (unpaired) electrons. The second-order valence-electron chi connectivity index (χ2n) is 6.41. The molecule has 0 bridgehead atoms. The Labute approximate surface area is 153 Å². The number of nitrogens with zero attached hydrogens (tertiary/aromatic N) is 5. The van der Waals surface area contributed by atoms with E-state index in [4.69, 9.17) is 0 Å². The van der Waals surface area contributed by atoms with Crippen molar-refractivity contribution in [1.82, 2.24) is 19.6 Å². The number of guanidine groups is 1. The number of fused-ring (bicyclic) bond motifs is 1. The van der Waals surface area contributed by atoms with Gasteiger partial charge in [-0.1, -0.05) is 24.3 Å². The number of hydrogen-bond donors (Lipinski definition) is 1. The van der Waals surface area contributed by atoms with Crippen LogP contribution in [0.3, 0.4) is 0 Å². The Morgan fingerprint density at radius 1 is 1.04 bits per heavy atom. The number of imidazole rings is 1. The predicted molar refractivity (Wildman–Crippen MR) is 106 cm³/mol. The molecule has 1 aliphatic heterocycles. The fourth-order valence-corrected chi connectivity index (χ4v) is 3.39. The third kappa shape index (κ3) is 3.49. The SMILES string of the molecule is CN=C(NCc1cn2ccccc2n1)N1CCN(c2ccccc2)CC1. The van der Waals surface area contributed by atoms with Gasteiger partial charge in [-0.05, 0) is 24.3 Å². The monoisotopic (exact) mass is 348 g/mol. The molecule has 1 N–H and O–H groups in total. The number of aliphatic imine (C=N–C) groups is 1. The van der Waals surface area contributed by atoms with Crippen LogP contribution in [0, 0.1) is 0 Å². The third-order valence-electron chi connectivity index (χ3n) is 4.75. The van der Waals surface area contributed by atoms with Crippen LogP contribution in [0.25, 0.3) is 5.65 Å². The first-order chi connectivity index (χ1) is 12.8. The minimum atomic E-state index is 0.674. The van der Waals surface area contributed by atoms with Gasteiger partial charge in [-0.25, -0.2) is 4.98 Å². The van der Waals surface area contributed by atoms with Gasteiger partial charge < -0.3 is 19.5 Å². The van der Waals surface area contributed by atoms with Crippen LogP contribution in [-0.2, 0) is 6.54 Å². The lowest BCUT2D eigenvalue weighted by atomic mass is 10.2. The van der Waals surface area contributed by atoms with E-state index in [0.717, 1.165) is 43.5 Å². The van der Waals surface area contributed by atoms with Crippen molar-refractivity contribution in [3.63, 3.8) is 0 Å². The highest BCUT2D eigenvalue weighted by molar-refractivity contribution is 5.80. The molecule has 0 amide bonds. The second kappa shape index (κ2) is 7.47. The van der Waals surface area contributed by atoms with E-state index < -0.39 is 0 Å². The summed E-state index contributed by atoms with van der Waals surface area (Å²) in [5, 5.41) is 3.45. The smallest absolute Gasteiger partial charge is 0.194 e. The topological polar surface area (TPSA) is 48.2 Å². The molecule has 1 aliphatic rings. The maximum absolute atomic E-state index is 4.63. The Balaban J connectivity index is 1.35. The molecule has 3 aromatic rings. The van der Waals surface area contributed by atoms with Crippen molar-refractivity contribution >= 4 is 17.3 Å². The van der Waals surface area contributed by atoms with Crippen LogP contribution < -0.4 is 10.2 Å². The Morgan fingerprint density at radius 3 is 2.54 bits per heavy atom. The van der Waals surface area contributed by atoms with Crippen molar-refractivity contribution in [3.8, 4) is 0 Å². The first kappa shape index (κ1) is 16.4. The van der Waals surface area contributed by atoms with Gasteiger partial charge in [0.05, 0.1) is 12.2 Å². The number of pyridine rings is 1. The van der Waals surface area contributed by atoms with E-state index in [1.807, 2.05) is 35.8 Å². The van der Waals surface area contributed by atoms with Gasteiger partial charge >= 0.3 is 0 Å². The maximum atomic E-state index is 4.63. The number of aromatic nitrogens is 2. The summed E-state index contributed by atoms with van der Waals surface area (Å²) in [5.74, 6) is 0.940. The Kier molecular flexibility index (Phi) is 4.73. The summed E-state index contributed by atoms with van der Waals surface area (Å²) in [5.41, 5.74) is 3.27. The zero-order valence-electron chi connectivity index (χ0n) is 15.0. The average Bonchev–Trinajstić information content (AvgIpc) is 3.12. The van der Waals surface area contributed by atoms with Gasteiger partial charge in [-0.15, -0.1) is 0 Å². The summed E-state index contributed by atoms with van der Waals surface area (Å²) in [7, 11) is 1.84. The summed E-state index contributed by atoms with van der Waals surface area (Å²) in [6.07, 6.45) is 4.08. The standard InChI is InChI=1S/C20H24N6/c1-21-20(22-15-17-16-26-10-6-5-9-19(26)23-17)25-13-11-24(12-14-25)18-7-3-2-4-8-18/h2-10,16H,11-15H2,1H3,(H,21,22). The average molecular weight is 348 g/mol. The minimum absolute atomic E-state index is 0.674. The van der Waals surface area contributed by atoms with Crippen molar-refractivity contribution < 1.29 is 0 Å². The zero-order valence-corrected chi connectivity index (χ0v) is 15.0. The molecule has 0 saturated carbocycles. The quantitative estimate of drug-likeness (QED) is 0.582. The van der Waals surface area contributed by atoms with Crippen LogP contribution in [0.1, 0.15) is 5.69 Å². The number of rotatable bonds is 3. The van der Waals surface area contributed by atoms with E-state index >= 15 is 0 Å². The van der Waals surface area contributed by atoms with Crippen LogP contribution in [0.2, 0.25) is 0 Å². The van der Waals surface area contributed by atoms with Crippen molar-refractivity contribution in [1.29, 1.82) is 0 Å². The van der Waals surface area contributed by atoms with Crippen LogP contribution in [0.4, 0.5) is 5.69 Å². The molecule has 0 spiro atoms. The van der Waals surface area contributed by atoms with E-state index in [-0.39, 0.29) is 0 Å². The number of anilines is 1. The Morgan fingerprint density at radius 2 is 1.81 bits per heavy atom. The lowest BCUT2D eigenvalue weighted by Crippen LogP contribution is -2.52. The first-order valence-corrected chi connectivity index (χ1v) is 9.02. The number of piperazine rings is 1. The molecule has 1 fully saturated rings. The van der Waals surface area contributed by atoms with Crippen LogP contribution in [0.5, 0.6) is 0 Å². The lowest BCUT2D eigenvalue weighted by Gasteiger charge is -2.37. The lowest BCUT2D eigenvalue weighted by molar-refractivity contribution is 0.372. The number of benzene rings is 1. The van der Waals surface area contributed by atoms with Crippen LogP contribution >= 0.6 is 0 Å². The number of para-hydroxylation sites is 1. The fraction of sp³-hybridized carbons (Fsp3) is 0.300. The highest BCUT2D eigenvalue weighted by atomic mass is 15.3. The van der Waals surface area contributed by atoms with Gasteiger partial charge in [0.2, 0.25) is 0 Å². The molecule has 1 saturated heterocycles. The summed E-state index contributed by atoms with van der Waals surface area (Å²) < 4.78 is 2.04. The van der Waals surface area contributed by atoms with Gasteiger partial charge in [-0.2, -0.15) is 0 Å². The number of hydrogen-bond acceptors (Lipinski definition) is 3. The zero-order chi connectivity index (χ0) is 17.8. The van der Waals surface area contributed by atoms with Gasteiger partial charge in [-0.3, -0.25) is 4.99 Å². The minimum Gasteiger partial charge on any atom is -0.368 e. The third-order valence-corrected chi connectivity index (χ3v) is 4.75. The molecule has 134 valence electrons. The van der Waals surface area contributed by atoms with Gasteiger partial charge in [0, 0.05) is 51.3 Å². The molecule has 0 unspecified atom stereocenters. The van der Waals surface area contributed by atoms with Crippen molar-refractivity contribution in [2.75, 3.05) is 38.1 Å². The van der Waals surface area contributed by atoms with Gasteiger partial charge in [0.15, 0.2) is 5.96 Å². The van der Waals surface area contributed by atoms with E-state index in [1.54, 1.807) is 0 Å². The van der Waals surface area contributed by atoms with Crippen LogP contribution in [0.15, 0.2) is 65.9 Å². The number of nitrogens with one attached hydrogen (secondary N) is 1. The first-order valence-electron chi connectivity index (χ1n) is 9.02. The molecule has 6 heteroatoms. The van der Waals surface area contributed by atoms with Crippen molar-refractivity contribution in [2.45, 2.75) is 6.54 Å². The van der Waals surface area contributed by atoms with Crippen molar-refractivity contribution in [3.05, 3.63) is 66.6 Å². The fourth-order valence-electron chi connectivity index (χ4n) is 3.39. The largest absolute Gasteiger partial charge is 0.368 e. The second-order valence-corrected chi connectivity index (χ2v) is 6.41. The van der Waals surface area contributed by atoms with E-state index in [1.165, 1.54) is 5.69 Å². The van der Waals surface area contributed by atoms with Gasteiger partial charge in [0.25, 0.3) is 0 Å². The predicted octanol–water partition coefficient (Wildman–Crippen LogP) is 2.23. The van der Waals surface area contributed by atoms with Crippen LogP contribution in [-0.4, -0.2) is 53.5 Å². The molecule has 4 rings (SSSR count). The van der Waals surface area contributed by atoms with E-state index in [9.17, 15) is 0 Å². The molecule has 0 atom stereocenters. The Hall–Kier alpha value is -3.02. The highest BCUT2D eigenvalue weighted by Crippen LogP contribution is 2.15. The normalized spacial score (nSPS) is 15.5. The molecule has 2 aromatic heterocycles.